The molecule has 3 aromatic carbocycles. The quantitative estimate of drug-likeness (QED) is 0.441. The summed E-state index contributed by atoms with van der Waals surface area (Å²) in [5, 5.41) is 0.550. The van der Waals surface area contributed by atoms with Gasteiger partial charge in [0, 0.05) is 23.6 Å². The van der Waals surface area contributed by atoms with Crippen LogP contribution in [0.1, 0.15) is 16.7 Å². The fourth-order valence-electron chi connectivity index (χ4n) is 3.13. The molecule has 32 heavy (non-hydrogen) atoms. The zero-order chi connectivity index (χ0) is 23.5. The molecule has 168 valence electrons. The fraction of sp³-hybridized carbons (Fsp3) is 0.208. The van der Waals surface area contributed by atoms with Gasteiger partial charge in [0.25, 0.3) is 10.0 Å². The third-order valence-electron chi connectivity index (χ3n) is 4.99. The van der Waals surface area contributed by atoms with Crippen LogP contribution in [0.2, 0.25) is 10.0 Å². The number of hydrogen-bond acceptors (Lipinski definition) is 3. The number of carbonyl (C=O) groups excluding carboxylic acids is 1. The molecule has 0 fully saturated rings. The molecule has 1 amide bonds. The molecule has 0 bridgehead atoms. The standard InChI is InChI=1S/C24H24Cl2N2O3S/c1-17-4-8-19(9-5-17)15-27(3)24(29)16-28(22-13-20(25)12-21(26)14-22)32(30,31)23-10-6-18(2)7-11-23/h4-14H,15-16H2,1-3H3. The third-order valence-corrected chi connectivity index (χ3v) is 7.21. The summed E-state index contributed by atoms with van der Waals surface area (Å²) in [5.74, 6) is -0.364. The van der Waals surface area contributed by atoms with Crippen molar-refractivity contribution in [3.63, 3.8) is 0 Å². The van der Waals surface area contributed by atoms with Crippen LogP contribution >= 0.6 is 23.2 Å². The average Bonchev–Trinajstić information content (AvgIpc) is 2.72. The molecule has 0 aliphatic heterocycles. The molecule has 0 saturated carbocycles. The smallest absolute Gasteiger partial charge is 0.264 e. The molecule has 0 aromatic heterocycles. The molecule has 0 N–H and O–H groups in total. The summed E-state index contributed by atoms with van der Waals surface area (Å²) < 4.78 is 28.0. The summed E-state index contributed by atoms with van der Waals surface area (Å²) in [6.45, 7) is 3.82. The highest BCUT2D eigenvalue weighted by Crippen LogP contribution is 2.30. The maximum Gasteiger partial charge on any atom is 0.264 e. The largest absolute Gasteiger partial charge is 0.340 e. The lowest BCUT2D eigenvalue weighted by atomic mass is 10.1. The van der Waals surface area contributed by atoms with Crippen molar-refractivity contribution < 1.29 is 13.2 Å². The van der Waals surface area contributed by atoms with E-state index >= 15 is 0 Å². The fourth-order valence-corrected chi connectivity index (χ4v) is 5.05. The Morgan fingerprint density at radius 2 is 1.34 bits per heavy atom. The monoisotopic (exact) mass is 490 g/mol. The first-order chi connectivity index (χ1) is 15.1. The minimum absolute atomic E-state index is 0.0770. The van der Waals surface area contributed by atoms with Crippen LogP contribution in [0.15, 0.2) is 71.6 Å². The van der Waals surface area contributed by atoms with Gasteiger partial charge in [0.05, 0.1) is 10.6 Å². The Hall–Kier alpha value is -2.54. The molecule has 0 atom stereocenters. The number of carbonyl (C=O) groups is 1. The van der Waals surface area contributed by atoms with Crippen LogP contribution < -0.4 is 4.31 Å². The van der Waals surface area contributed by atoms with Crippen LogP contribution in [0.4, 0.5) is 5.69 Å². The minimum Gasteiger partial charge on any atom is -0.340 e. The first-order valence-corrected chi connectivity index (χ1v) is 12.1. The third kappa shape index (κ3) is 5.82. The second kappa shape index (κ2) is 9.94. The number of amides is 1. The van der Waals surface area contributed by atoms with Crippen LogP contribution in [0.3, 0.4) is 0 Å². The second-order valence-electron chi connectivity index (χ2n) is 7.69. The normalized spacial score (nSPS) is 11.3. The molecule has 0 heterocycles. The van der Waals surface area contributed by atoms with Crippen LogP contribution in [0.5, 0.6) is 0 Å². The predicted octanol–water partition coefficient (Wildman–Crippen LogP) is 5.46. The maximum atomic E-state index is 13.5. The average molecular weight is 491 g/mol. The van der Waals surface area contributed by atoms with Crippen molar-refractivity contribution in [2.75, 3.05) is 17.9 Å². The van der Waals surface area contributed by atoms with Gasteiger partial charge in [-0.15, -0.1) is 0 Å². The van der Waals surface area contributed by atoms with E-state index in [4.69, 9.17) is 23.2 Å². The Kier molecular flexibility index (Phi) is 7.49. The minimum atomic E-state index is -4.04. The lowest BCUT2D eigenvalue weighted by molar-refractivity contribution is -0.128. The van der Waals surface area contributed by atoms with Gasteiger partial charge in [0.15, 0.2) is 0 Å². The van der Waals surface area contributed by atoms with E-state index in [1.807, 2.05) is 38.1 Å². The summed E-state index contributed by atoms with van der Waals surface area (Å²) in [5.41, 5.74) is 3.22. The number of sulfonamides is 1. The van der Waals surface area contributed by atoms with Gasteiger partial charge in [0.2, 0.25) is 5.91 Å². The Labute approximate surface area is 199 Å². The van der Waals surface area contributed by atoms with Crippen molar-refractivity contribution in [3.8, 4) is 0 Å². The summed E-state index contributed by atoms with van der Waals surface area (Å²) >= 11 is 12.3. The number of nitrogens with zero attached hydrogens (tertiary/aromatic N) is 2. The van der Waals surface area contributed by atoms with Gasteiger partial charge < -0.3 is 4.90 Å². The molecule has 0 spiro atoms. The van der Waals surface area contributed by atoms with Gasteiger partial charge >= 0.3 is 0 Å². The van der Waals surface area contributed by atoms with Gasteiger partial charge in [0.1, 0.15) is 6.54 Å². The molecule has 0 aliphatic rings. The van der Waals surface area contributed by atoms with Crippen LogP contribution in [-0.2, 0) is 21.4 Å². The van der Waals surface area contributed by atoms with Gasteiger partial charge in [-0.3, -0.25) is 9.10 Å². The summed E-state index contributed by atoms with van der Waals surface area (Å²) in [6, 6.07) is 18.7. The SMILES string of the molecule is Cc1ccc(CN(C)C(=O)CN(c2cc(Cl)cc(Cl)c2)S(=O)(=O)c2ccc(C)cc2)cc1. The van der Waals surface area contributed by atoms with E-state index in [9.17, 15) is 13.2 Å². The van der Waals surface area contributed by atoms with E-state index in [-0.39, 0.29) is 26.5 Å². The highest BCUT2D eigenvalue weighted by molar-refractivity contribution is 7.92. The van der Waals surface area contributed by atoms with Crippen LogP contribution in [0.25, 0.3) is 0 Å². The molecule has 0 radical (unpaired) electrons. The van der Waals surface area contributed by atoms with E-state index in [0.717, 1.165) is 21.0 Å². The number of rotatable bonds is 7. The van der Waals surface area contributed by atoms with Crippen molar-refractivity contribution in [2.24, 2.45) is 0 Å². The molecular formula is C24H24Cl2N2O3S. The first-order valence-electron chi connectivity index (χ1n) is 9.91. The van der Waals surface area contributed by atoms with Crippen molar-refractivity contribution in [1.82, 2.24) is 4.90 Å². The first kappa shape index (κ1) is 24.1. The summed E-state index contributed by atoms with van der Waals surface area (Å²) in [6.07, 6.45) is 0. The molecular weight excluding hydrogens is 467 g/mol. The van der Waals surface area contributed by atoms with Crippen molar-refractivity contribution in [1.29, 1.82) is 0 Å². The van der Waals surface area contributed by atoms with Crippen molar-refractivity contribution in [3.05, 3.63) is 93.5 Å². The predicted molar refractivity (Wildman–Crippen MR) is 130 cm³/mol. The summed E-state index contributed by atoms with van der Waals surface area (Å²) in [4.78, 5) is 14.6. The van der Waals surface area contributed by atoms with Gasteiger partial charge in [-0.25, -0.2) is 8.42 Å². The molecule has 0 unspecified atom stereocenters. The number of halogens is 2. The van der Waals surface area contributed by atoms with E-state index in [0.29, 0.717) is 6.54 Å². The highest BCUT2D eigenvalue weighted by Gasteiger charge is 2.29. The molecule has 8 heteroatoms. The van der Waals surface area contributed by atoms with Gasteiger partial charge in [-0.05, 0) is 49.7 Å². The van der Waals surface area contributed by atoms with Gasteiger partial charge in [-0.2, -0.15) is 0 Å². The second-order valence-corrected chi connectivity index (χ2v) is 10.4. The molecule has 0 aliphatic carbocycles. The van der Waals surface area contributed by atoms with E-state index in [2.05, 4.69) is 0 Å². The Morgan fingerprint density at radius 1 is 0.844 bits per heavy atom. The zero-order valence-corrected chi connectivity index (χ0v) is 20.4. The zero-order valence-electron chi connectivity index (χ0n) is 18.0. The number of likely N-dealkylation sites (N-methyl/N-ethyl adjacent to an activating group) is 1. The lowest BCUT2D eigenvalue weighted by Gasteiger charge is -2.27. The molecule has 5 nitrogen and oxygen atoms in total. The maximum absolute atomic E-state index is 13.5. The van der Waals surface area contributed by atoms with Crippen LogP contribution in [-0.4, -0.2) is 32.8 Å². The number of benzene rings is 3. The van der Waals surface area contributed by atoms with Crippen molar-refractivity contribution in [2.45, 2.75) is 25.3 Å². The topological polar surface area (TPSA) is 57.7 Å². The Bertz CT molecular complexity index is 1190. The highest BCUT2D eigenvalue weighted by atomic mass is 35.5. The lowest BCUT2D eigenvalue weighted by Crippen LogP contribution is -2.41. The van der Waals surface area contributed by atoms with Crippen molar-refractivity contribution >= 4 is 44.8 Å². The Balaban J connectivity index is 1.94. The number of hydrogen-bond donors (Lipinski definition) is 0. The molecule has 3 aromatic rings. The van der Waals surface area contributed by atoms with E-state index in [1.54, 1.807) is 19.2 Å². The van der Waals surface area contributed by atoms with E-state index < -0.39 is 16.6 Å². The summed E-state index contributed by atoms with van der Waals surface area (Å²) in [7, 11) is -2.40. The van der Waals surface area contributed by atoms with E-state index in [1.165, 1.54) is 35.2 Å². The Morgan fingerprint density at radius 3 is 1.88 bits per heavy atom. The number of anilines is 1. The molecule has 0 saturated heterocycles. The molecule has 3 rings (SSSR count). The van der Waals surface area contributed by atoms with Crippen LogP contribution in [0, 0.1) is 13.8 Å². The number of aryl methyl sites for hydroxylation is 2. The van der Waals surface area contributed by atoms with Gasteiger partial charge in [-0.1, -0.05) is 70.7 Å².